The number of amides is 1. The van der Waals surface area contributed by atoms with Gasteiger partial charge in [0.05, 0.1) is 5.69 Å². The molecule has 0 aliphatic carbocycles. The lowest BCUT2D eigenvalue weighted by atomic mass is 10.1. The second-order valence-corrected chi connectivity index (χ2v) is 5.95. The van der Waals surface area contributed by atoms with E-state index in [2.05, 4.69) is 20.2 Å². The highest BCUT2D eigenvalue weighted by atomic mass is 16.5. The summed E-state index contributed by atoms with van der Waals surface area (Å²) in [6.07, 6.45) is 0.299. The molecule has 1 aliphatic heterocycles. The smallest absolute Gasteiger partial charge is 0.414 e. The lowest BCUT2D eigenvalue weighted by Crippen LogP contribution is -2.21. The summed E-state index contributed by atoms with van der Waals surface area (Å²) in [7, 11) is 2.04. The Hall–Kier alpha value is -2.67. The van der Waals surface area contributed by atoms with Crippen molar-refractivity contribution in [1.29, 1.82) is 0 Å². The Morgan fingerprint density at radius 1 is 1.42 bits per heavy atom. The molecule has 1 aliphatic rings. The molecule has 0 radical (unpaired) electrons. The molecule has 2 N–H and O–H groups in total. The molecule has 0 spiro atoms. The van der Waals surface area contributed by atoms with Crippen LogP contribution in [0, 0.1) is 0 Å². The van der Waals surface area contributed by atoms with Crippen LogP contribution in [0.3, 0.4) is 0 Å². The summed E-state index contributed by atoms with van der Waals surface area (Å²) in [4.78, 5) is 32.7. The second-order valence-electron chi connectivity index (χ2n) is 5.95. The number of hydrogen-bond donors (Lipinski definition) is 2. The van der Waals surface area contributed by atoms with Gasteiger partial charge in [0.15, 0.2) is 0 Å². The molecule has 1 aromatic carbocycles. The zero-order chi connectivity index (χ0) is 16.9. The highest BCUT2D eigenvalue weighted by molar-refractivity contribution is 5.82. The zero-order valence-electron chi connectivity index (χ0n) is 13.5. The van der Waals surface area contributed by atoms with Crippen molar-refractivity contribution in [2.24, 2.45) is 0 Å². The number of aromatic nitrogens is 2. The van der Waals surface area contributed by atoms with Gasteiger partial charge >= 0.3 is 6.09 Å². The normalized spacial score (nSPS) is 17.6. The van der Waals surface area contributed by atoms with Crippen LogP contribution >= 0.6 is 0 Å². The minimum atomic E-state index is -0.650. The number of likely N-dealkylation sites (tertiary alicyclic amines) is 1. The van der Waals surface area contributed by atoms with Crippen molar-refractivity contribution >= 4 is 12.0 Å². The molecular formula is C17H20N4O3. The third-order valence-corrected chi connectivity index (χ3v) is 4.00. The molecule has 0 saturated carbocycles. The van der Waals surface area contributed by atoms with E-state index in [1.54, 1.807) is 0 Å². The molecule has 2 aromatic rings. The van der Waals surface area contributed by atoms with Crippen LogP contribution in [0.1, 0.15) is 23.6 Å². The van der Waals surface area contributed by atoms with Crippen LogP contribution in [0.15, 0.2) is 41.2 Å². The number of carbonyl (C=O) groups excluding carboxylic acids is 1. The predicted octanol–water partition coefficient (Wildman–Crippen LogP) is 1.94. The van der Waals surface area contributed by atoms with Crippen LogP contribution in [-0.4, -0.2) is 41.1 Å². The number of ether oxygens (including phenoxy) is 1. The van der Waals surface area contributed by atoms with Gasteiger partial charge in [0, 0.05) is 18.5 Å². The first-order valence-electron chi connectivity index (χ1n) is 7.87. The van der Waals surface area contributed by atoms with Gasteiger partial charge in [0.2, 0.25) is 5.95 Å². The van der Waals surface area contributed by atoms with Crippen LogP contribution in [-0.2, 0) is 11.3 Å². The van der Waals surface area contributed by atoms with Crippen molar-refractivity contribution in [3.63, 3.8) is 0 Å². The number of rotatable bonds is 4. The van der Waals surface area contributed by atoms with Gasteiger partial charge in [-0.2, -0.15) is 0 Å². The van der Waals surface area contributed by atoms with Gasteiger partial charge in [-0.1, -0.05) is 30.3 Å². The van der Waals surface area contributed by atoms with Crippen molar-refractivity contribution in [3.8, 4) is 0 Å². The lowest BCUT2D eigenvalue weighted by Gasteiger charge is -2.11. The molecule has 1 unspecified atom stereocenters. The Labute approximate surface area is 139 Å². The maximum atomic E-state index is 11.9. The monoisotopic (exact) mass is 328 g/mol. The fourth-order valence-electron chi connectivity index (χ4n) is 2.78. The topological polar surface area (TPSA) is 87.3 Å². The minimum absolute atomic E-state index is 0.116. The van der Waals surface area contributed by atoms with E-state index in [-0.39, 0.29) is 24.0 Å². The van der Waals surface area contributed by atoms with E-state index < -0.39 is 6.09 Å². The number of nitrogens with one attached hydrogen (secondary N) is 2. The van der Waals surface area contributed by atoms with E-state index >= 15 is 0 Å². The van der Waals surface area contributed by atoms with Crippen LogP contribution in [0.2, 0.25) is 0 Å². The first kappa shape index (κ1) is 16.2. The summed E-state index contributed by atoms with van der Waals surface area (Å²) < 4.78 is 5.13. The van der Waals surface area contributed by atoms with E-state index in [1.165, 1.54) is 6.07 Å². The second kappa shape index (κ2) is 7.27. The van der Waals surface area contributed by atoms with Gasteiger partial charge in [0.1, 0.15) is 6.61 Å². The quantitative estimate of drug-likeness (QED) is 0.895. The lowest BCUT2D eigenvalue weighted by molar-refractivity contribution is 0.155. The predicted molar refractivity (Wildman–Crippen MR) is 90.0 cm³/mol. The average molecular weight is 328 g/mol. The highest BCUT2D eigenvalue weighted by Crippen LogP contribution is 2.24. The number of H-pyrrole nitrogens is 1. The standard InChI is InChI=1S/C17H20N4O3/c1-21-8-7-13(10-21)14-9-15(22)19-16(18-14)20-17(23)24-11-12-5-3-2-4-6-12/h2-6,9,13H,7-8,10-11H2,1H3,(H2,18,19,20,22,23). The van der Waals surface area contributed by atoms with Crippen LogP contribution in [0.5, 0.6) is 0 Å². The van der Waals surface area contributed by atoms with E-state index in [0.717, 1.165) is 25.1 Å². The van der Waals surface area contributed by atoms with E-state index in [1.807, 2.05) is 37.4 Å². The Kier molecular flexibility index (Phi) is 4.90. The van der Waals surface area contributed by atoms with E-state index in [4.69, 9.17) is 4.74 Å². The van der Waals surface area contributed by atoms with Gasteiger partial charge in [0.25, 0.3) is 5.56 Å². The number of aromatic amines is 1. The molecule has 0 bridgehead atoms. The van der Waals surface area contributed by atoms with Crippen molar-refractivity contribution in [2.45, 2.75) is 18.9 Å². The molecule has 126 valence electrons. The van der Waals surface area contributed by atoms with Crippen molar-refractivity contribution in [1.82, 2.24) is 14.9 Å². The number of hydrogen-bond acceptors (Lipinski definition) is 5. The van der Waals surface area contributed by atoms with E-state index in [0.29, 0.717) is 5.69 Å². The molecule has 2 heterocycles. The van der Waals surface area contributed by atoms with Gasteiger partial charge in [-0.25, -0.2) is 9.78 Å². The summed E-state index contributed by atoms with van der Waals surface area (Å²) >= 11 is 0. The average Bonchev–Trinajstić information content (AvgIpc) is 3.00. The molecule has 7 heteroatoms. The molecule has 3 rings (SSSR count). The summed E-state index contributed by atoms with van der Waals surface area (Å²) in [6, 6.07) is 10.9. The molecule has 1 saturated heterocycles. The molecule has 24 heavy (non-hydrogen) atoms. The number of benzene rings is 1. The third-order valence-electron chi connectivity index (χ3n) is 4.00. The largest absolute Gasteiger partial charge is 0.444 e. The Morgan fingerprint density at radius 3 is 2.92 bits per heavy atom. The van der Waals surface area contributed by atoms with Crippen molar-refractivity contribution < 1.29 is 9.53 Å². The minimum Gasteiger partial charge on any atom is -0.444 e. The molecule has 1 aromatic heterocycles. The maximum Gasteiger partial charge on any atom is 0.414 e. The van der Waals surface area contributed by atoms with Gasteiger partial charge < -0.3 is 9.64 Å². The van der Waals surface area contributed by atoms with Crippen LogP contribution in [0.4, 0.5) is 10.7 Å². The molecule has 1 amide bonds. The third kappa shape index (κ3) is 4.20. The van der Waals surface area contributed by atoms with Gasteiger partial charge in [-0.3, -0.25) is 15.1 Å². The first-order chi connectivity index (χ1) is 11.6. The Morgan fingerprint density at radius 2 is 2.21 bits per heavy atom. The molecule has 1 atom stereocenters. The van der Waals surface area contributed by atoms with Crippen molar-refractivity contribution in [2.75, 3.05) is 25.5 Å². The molecule has 7 nitrogen and oxygen atoms in total. The van der Waals surface area contributed by atoms with Crippen LogP contribution < -0.4 is 10.9 Å². The van der Waals surface area contributed by atoms with Crippen LogP contribution in [0.25, 0.3) is 0 Å². The van der Waals surface area contributed by atoms with Gasteiger partial charge in [-0.15, -0.1) is 0 Å². The number of carbonyl (C=O) groups is 1. The summed E-state index contributed by atoms with van der Waals surface area (Å²) in [5, 5.41) is 2.49. The first-order valence-corrected chi connectivity index (χ1v) is 7.87. The fraction of sp³-hybridized carbons (Fsp3) is 0.353. The maximum absolute atomic E-state index is 11.9. The number of anilines is 1. The summed E-state index contributed by atoms with van der Waals surface area (Å²) in [5.74, 6) is 0.323. The number of likely N-dealkylation sites (N-methyl/N-ethyl adjacent to an activating group) is 1. The summed E-state index contributed by atoms with van der Waals surface area (Å²) in [5.41, 5.74) is 1.30. The van der Waals surface area contributed by atoms with Crippen molar-refractivity contribution in [3.05, 3.63) is 58.0 Å². The zero-order valence-corrected chi connectivity index (χ0v) is 13.5. The Balaban J connectivity index is 1.63. The molecular weight excluding hydrogens is 308 g/mol. The number of nitrogens with zero attached hydrogens (tertiary/aromatic N) is 2. The Bertz CT molecular complexity index is 760. The van der Waals surface area contributed by atoms with Gasteiger partial charge in [-0.05, 0) is 25.6 Å². The highest BCUT2D eigenvalue weighted by Gasteiger charge is 2.23. The summed E-state index contributed by atoms with van der Waals surface area (Å²) in [6.45, 7) is 1.99. The molecule has 1 fully saturated rings. The van der Waals surface area contributed by atoms with E-state index in [9.17, 15) is 9.59 Å². The SMILES string of the molecule is CN1CCC(c2cc(=O)[nH]c(NC(=O)OCc3ccccc3)n2)C1. The fourth-order valence-corrected chi connectivity index (χ4v) is 2.78.